The third-order valence-electron chi connectivity index (χ3n) is 3.49. The van der Waals surface area contributed by atoms with E-state index < -0.39 is 26.6 Å². The fourth-order valence-corrected chi connectivity index (χ4v) is 3.50. The summed E-state index contributed by atoms with van der Waals surface area (Å²) in [5.41, 5.74) is 0.135. The molecule has 106 valence electrons. The predicted octanol–water partition coefficient (Wildman–Crippen LogP) is 1.67. The molecule has 0 unspecified atom stereocenters. The zero-order valence-corrected chi connectivity index (χ0v) is 11.7. The Morgan fingerprint density at radius 1 is 0.857 bits per heavy atom. The summed E-state index contributed by atoms with van der Waals surface area (Å²) in [6.45, 7) is 1.42. The van der Waals surface area contributed by atoms with Crippen molar-refractivity contribution >= 4 is 21.7 Å². The maximum atomic E-state index is 12.5. The van der Waals surface area contributed by atoms with Gasteiger partial charge in [-0.25, -0.2) is 8.42 Å². The molecule has 6 heteroatoms. The van der Waals surface area contributed by atoms with Gasteiger partial charge in [-0.05, 0) is 18.6 Å². The van der Waals surface area contributed by atoms with Crippen LogP contribution in [0, 0.1) is 6.92 Å². The van der Waals surface area contributed by atoms with Gasteiger partial charge in [0.05, 0.1) is 10.5 Å². The van der Waals surface area contributed by atoms with Crippen LogP contribution in [0.2, 0.25) is 0 Å². The quantitative estimate of drug-likeness (QED) is 0.638. The summed E-state index contributed by atoms with van der Waals surface area (Å²) in [6.07, 6.45) is 0. The SMILES string of the molecule is Cc1ccc2c(c1S(=O)(=O)[O-])C(=O)c1ccccc1C2=O. The summed E-state index contributed by atoms with van der Waals surface area (Å²) in [5.74, 6) is -1.07. The molecule has 5 nitrogen and oxygen atoms in total. The molecule has 3 rings (SSSR count). The van der Waals surface area contributed by atoms with Crippen molar-refractivity contribution in [1.82, 2.24) is 0 Å². The number of benzene rings is 2. The van der Waals surface area contributed by atoms with E-state index in [4.69, 9.17) is 0 Å². The van der Waals surface area contributed by atoms with Crippen LogP contribution >= 0.6 is 0 Å². The molecule has 0 saturated carbocycles. The highest BCUT2D eigenvalue weighted by atomic mass is 32.2. The molecular weight excluding hydrogens is 292 g/mol. The lowest BCUT2D eigenvalue weighted by Gasteiger charge is -2.22. The van der Waals surface area contributed by atoms with E-state index in [-0.39, 0.29) is 27.8 Å². The first-order valence-corrected chi connectivity index (χ1v) is 7.51. The topological polar surface area (TPSA) is 91.3 Å². The second-order valence-electron chi connectivity index (χ2n) is 4.79. The Bertz CT molecular complexity index is 910. The minimum atomic E-state index is -4.86. The van der Waals surface area contributed by atoms with Gasteiger partial charge >= 0.3 is 0 Å². The molecule has 0 radical (unpaired) electrons. The monoisotopic (exact) mass is 301 g/mol. The number of hydrogen-bond donors (Lipinski definition) is 0. The van der Waals surface area contributed by atoms with E-state index in [9.17, 15) is 22.6 Å². The number of carbonyl (C=O) groups excluding carboxylic acids is 2. The molecule has 1 aliphatic carbocycles. The zero-order chi connectivity index (χ0) is 15.4. The van der Waals surface area contributed by atoms with Gasteiger partial charge in [0.15, 0.2) is 11.6 Å². The lowest BCUT2D eigenvalue weighted by molar-refractivity contribution is 0.0976. The summed E-state index contributed by atoms with van der Waals surface area (Å²) >= 11 is 0. The smallest absolute Gasteiger partial charge is 0.195 e. The van der Waals surface area contributed by atoms with E-state index in [1.165, 1.54) is 31.2 Å². The Labute approximate surface area is 121 Å². The van der Waals surface area contributed by atoms with Crippen molar-refractivity contribution in [3.8, 4) is 0 Å². The average molecular weight is 301 g/mol. The fourth-order valence-electron chi connectivity index (χ4n) is 2.58. The predicted molar refractivity (Wildman–Crippen MR) is 72.4 cm³/mol. The van der Waals surface area contributed by atoms with Gasteiger partial charge < -0.3 is 4.55 Å². The van der Waals surface area contributed by atoms with Gasteiger partial charge in [-0.15, -0.1) is 0 Å². The summed E-state index contributed by atoms with van der Waals surface area (Å²) in [5, 5.41) is 0. The number of aryl methyl sites for hydroxylation is 1. The Morgan fingerprint density at radius 3 is 2.00 bits per heavy atom. The summed E-state index contributed by atoms with van der Waals surface area (Å²) in [4.78, 5) is 24.3. The van der Waals surface area contributed by atoms with Crippen LogP contribution in [-0.2, 0) is 10.1 Å². The maximum absolute atomic E-state index is 12.5. The number of fused-ring (bicyclic) bond motifs is 2. The Balaban J connectivity index is 2.45. The van der Waals surface area contributed by atoms with Crippen molar-refractivity contribution in [2.45, 2.75) is 11.8 Å². The number of ketones is 2. The van der Waals surface area contributed by atoms with E-state index in [2.05, 4.69) is 0 Å². The van der Waals surface area contributed by atoms with Crippen LogP contribution in [0.4, 0.5) is 0 Å². The summed E-state index contributed by atoms with van der Waals surface area (Å²) < 4.78 is 34.4. The molecule has 0 heterocycles. The normalized spacial score (nSPS) is 13.8. The Morgan fingerprint density at radius 2 is 1.43 bits per heavy atom. The molecule has 2 aromatic rings. The molecule has 0 fully saturated rings. The molecule has 0 bridgehead atoms. The fraction of sp³-hybridized carbons (Fsp3) is 0.0667. The average Bonchev–Trinajstić information content (AvgIpc) is 2.43. The van der Waals surface area contributed by atoms with Gasteiger partial charge in [0.25, 0.3) is 0 Å². The van der Waals surface area contributed by atoms with Crippen LogP contribution < -0.4 is 0 Å². The van der Waals surface area contributed by atoms with Crippen molar-refractivity contribution in [3.63, 3.8) is 0 Å². The molecule has 0 amide bonds. The number of hydrogen-bond acceptors (Lipinski definition) is 5. The van der Waals surface area contributed by atoms with Crippen molar-refractivity contribution in [2.75, 3.05) is 0 Å². The first-order valence-electron chi connectivity index (χ1n) is 6.10. The van der Waals surface area contributed by atoms with Gasteiger partial charge in [0, 0.05) is 16.7 Å². The van der Waals surface area contributed by atoms with Crippen LogP contribution in [-0.4, -0.2) is 24.5 Å². The third kappa shape index (κ3) is 1.91. The molecule has 0 N–H and O–H groups in total. The molecule has 0 aliphatic heterocycles. The molecule has 0 atom stereocenters. The highest BCUT2D eigenvalue weighted by Crippen LogP contribution is 2.33. The molecule has 0 spiro atoms. The van der Waals surface area contributed by atoms with Crippen LogP contribution in [0.5, 0.6) is 0 Å². The summed E-state index contributed by atoms with van der Waals surface area (Å²) in [7, 11) is -4.86. The van der Waals surface area contributed by atoms with E-state index in [1.54, 1.807) is 12.1 Å². The largest absolute Gasteiger partial charge is 0.744 e. The second kappa shape index (κ2) is 4.34. The molecule has 21 heavy (non-hydrogen) atoms. The minimum absolute atomic E-state index is 0.0428. The summed E-state index contributed by atoms with van der Waals surface area (Å²) in [6, 6.07) is 8.90. The van der Waals surface area contributed by atoms with Crippen LogP contribution in [0.25, 0.3) is 0 Å². The van der Waals surface area contributed by atoms with Crippen LogP contribution in [0.15, 0.2) is 41.3 Å². The maximum Gasteiger partial charge on any atom is 0.195 e. The lowest BCUT2D eigenvalue weighted by Crippen LogP contribution is -2.24. The minimum Gasteiger partial charge on any atom is -0.744 e. The van der Waals surface area contributed by atoms with Crippen molar-refractivity contribution in [1.29, 1.82) is 0 Å². The van der Waals surface area contributed by atoms with Gasteiger partial charge in [-0.1, -0.05) is 30.3 Å². The zero-order valence-electron chi connectivity index (χ0n) is 10.9. The van der Waals surface area contributed by atoms with Gasteiger partial charge in [0.2, 0.25) is 0 Å². The molecule has 1 aliphatic rings. The van der Waals surface area contributed by atoms with E-state index >= 15 is 0 Å². The lowest BCUT2D eigenvalue weighted by atomic mass is 9.83. The Kier molecular flexibility index (Phi) is 2.82. The van der Waals surface area contributed by atoms with Crippen LogP contribution in [0.3, 0.4) is 0 Å². The van der Waals surface area contributed by atoms with Crippen molar-refractivity contribution in [2.24, 2.45) is 0 Å². The van der Waals surface area contributed by atoms with Gasteiger partial charge in [-0.2, -0.15) is 0 Å². The Hall–Kier alpha value is -2.31. The van der Waals surface area contributed by atoms with Gasteiger partial charge in [0.1, 0.15) is 10.1 Å². The van der Waals surface area contributed by atoms with E-state index in [1.807, 2.05) is 0 Å². The standard InChI is InChI=1S/C15H10O5S/c1-8-6-7-11-12(15(8)21(18,19)20)14(17)10-5-3-2-4-9(10)13(11)16/h2-7H,1H3,(H,18,19,20)/p-1. The van der Waals surface area contributed by atoms with Crippen molar-refractivity contribution in [3.05, 3.63) is 64.2 Å². The molecule has 0 saturated heterocycles. The molecule has 0 aromatic heterocycles. The van der Waals surface area contributed by atoms with Crippen molar-refractivity contribution < 1.29 is 22.6 Å². The number of rotatable bonds is 1. The highest BCUT2D eigenvalue weighted by Gasteiger charge is 2.33. The van der Waals surface area contributed by atoms with E-state index in [0.29, 0.717) is 0 Å². The first kappa shape index (κ1) is 13.7. The highest BCUT2D eigenvalue weighted by molar-refractivity contribution is 7.85. The molecule has 2 aromatic carbocycles. The van der Waals surface area contributed by atoms with E-state index in [0.717, 1.165) is 0 Å². The first-order chi connectivity index (χ1) is 9.82. The van der Waals surface area contributed by atoms with Crippen LogP contribution in [0.1, 0.15) is 37.4 Å². The molecular formula is C15H9O5S-. The number of carbonyl (C=O) groups is 2. The third-order valence-corrected chi connectivity index (χ3v) is 4.52. The van der Waals surface area contributed by atoms with Gasteiger partial charge in [-0.3, -0.25) is 9.59 Å². The second-order valence-corrected chi connectivity index (χ2v) is 6.11.